The molecule has 0 fully saturated rings. The average Bonchev–Trinajstić information content (AvgIpc) is 2.54. The fraction of sp³-hybridized carbons (Fsp3) is 0.111. The molecule has 0 bridgehead atoms. The van der Waals surface area contributed by atoms with E-state index in [4.69, 9.17) is 4.74 Å². The first-order valence-corrected chi connectivity index (χ1v) is 6.80. The topological polar surface area (TPSA) is 58.9 Å². The molecule has 1 N–H and O–H groups in total. The summed E-state index contributed by atoms with van der Waals surface area (Å²) in [5, 5.41) is 9.86. The number of ether oxygens (including phenoxy) is 1. The highest BCUT2D eigenvalue weighted by Crippen LogP contribution is 2.18. The normalized spacial score (nSPS) is 12.1. The van der Waals surface area contributed by atoms with E-state index in [1.165, 1.54) is 7.11 Å². The molecule has 0 aliphatic heterocycles. The van der Waals surface area contributed by atoms with Crippen molar-refractivity contribution in [3.05, 3.63) is 71.4 Å². The van der Waals surface area contributed by atoms with Crippen molar-refractivity contribution in [2.24, 2.45) is 4.99 Å². The van der Waals surface area contributed by atoms with E-state index < -0.39 is 5.97 Å². The average molecular weight is 295 g/mol. The third-order valence-electron chi connectivity index (χ3n) is 3.08. The van der Waals surface area contributed by atoms with Gasteiger partial charge in [0.1, 0.15) is 11.4 Å². The zero-order valence-electron chi connectivity index (χ0n) is 12.5. The molecule has 0 saturated carbocycles. The number of phenolic OH excluding ortho intramolecular Hbond substituents is 1. The van der Waals surface area contributed by atoms with Crippen molar-refractivity contribution in [1.82, 2.24) is 0 Å². The number of rotatable bonds is 4. The maximum Gasteiger partial charge on any atom is 0.356 e. The van der Waals surface area contributed by atoms with Gasteiger partial charge in [0.2, 0.25) is 0 Å². The molecule has 112 valence electrons. The molecule has 0 heterocycles. The Morgan fingerprint density at radius 1 is 1.09 bits per heavy atom. The summed E-state index contributed by atoms with van der Waals surface area (Å²) in [4.78, 5) is 16.2. The van der Waals surface area contributed by atoms with Crippen LogP contribution in [0.4, 0.5) is 0 Å². The molecule has 0 aromatic heterocycles. The zero-order chi connectivity index (χ0) is 15.9. The molecule has 2 aromatic carbocycles. The van der Waals surface area contributed by atoms with Crippen molar-refractivity contribution in [2.45, 2.75) is 6.92 Å². The van der Waals surface area contributed by atoms with E-state index >= 15 is 0 Å². The highest BCUT2D eigenvalue weighted by Gasteiger charge is 2.11. The van der Waals surface area contributed by atoms with Gasteiger partial charge >= 0.3 is 5.97 Å². The molecule has 2 aromatic rings. The van der Waals surface area contributed by atoms with Gasteiger partial charge in [0.05, 0.1) is 7.11 Å². The van der Waals surface area contributed by atoms with Gasteiger partial charge in [0.15, 0.2) is 0 Å². The lowest BCUT2D eigenvalue weighted by molar-refractivity contribution is -0.136. The van der Waals surface area contributed by atoms with E-state index in [9.17, 15) is 9.90 Å². The first-order chi connectivity index (χ1) is 10.6. The maximum atomic E-state index is 11.9. The molecule has 0 radical (unpaired) electrons. The third-order valence-corrected chi connectivity index (χ3v) is 3.08. The Morgan fingerprint density at radius 2 is 1.73 bits per heavy atom. The number of hydrogen-bond acceptors (Lipinski definition) is 4. The zero-order valence-corrected chi connectivity index (χ0v) is 12.5. The fourth-order valence-corrected chi connectivity index (χ4v) is 1.97. The first-order valence-electron chi connectivity index (χ1n) is 6.80. The Kier molecular flexibility index (Phi) is 5.09. The van der Waals surface area contributed by atoms with Crippen LogP contribution in [0.2, 0.25) is 0 Å². The van der Waals surface area contributed by atoms with Crippen LogP contribution < -0.4 is 0 Å². The van der Waals surface area contributed by atoms with Gasteiger partial charge in [0.25, 0.3) is 0 Å². The number of hydrogen-bond donors (Lipinski definition) is 1. The Morgan fingerprint density at radius 3 is 2.36 bits per heavy atom. The Labute approximate surface area is 129 Å². The molecule has 4 heteroatoms. The van der Waals surface area contributed by atoms with E-state index in [-0.39, 0.29) is 11.4 Å². The van der Waals surface area contributed by atoms with Crippen LogP contribution >= 0.6 is 0 Å². The Balaban J connectivity index is 2.43. The number of carbonyl (C=O) groups is 1. The lowest BCUT2D eigenvalue weighted by Gasteiger charge is -2.06. The number of esters is 1. The second-order valence-corrected chi connectivity index (χ2v) is 4.65. The maximum absolute atomic E-state index is 11.9. The van der Waals surface area contributed by atoms with Crippen molar-refractivity contribution in [3.8, 4) is 5.75 Å². The summed E-state index contributed by atoms with van der Waals surface area (Å²) >= 11 is 0. The van der Waals surface area contributed by atoms with Crippen LogP contribution in [-0.2, 0) is 9.53 Å². The summed E-state index contributed by atoms with van der Waals surface area (Å²) in [5.74, 6) is -0.411. The Hall–Kier alpha value is -2.88. The third kappa shape index (κ3) is 3.82. The summed E-state index contributed by atoms with van der Waals surface area (Å²) in [6.45, 7) is 1.73. The number of aliphatic imine (C=N–C) groups is 1. The van der Waals surface area contributed by atoms with Gasteiger partial charge in [-0.05, 0) is 30.7 Å². The van der Waals surface area contributed by atoms with E-state index in [1.807, 2.05) is 30.3 Å². The van der Waals surface area contributed by atoms with Crippen LogP contribution in [0.5, 0.6) is 5.75 Å². The van der Waals surface area contributed by atoms with Crippen LogP contribution in [0, 0.1) is 0 Å². The van der Waals surface area contributed by atoms with Crippen LogP contribution in [-0.4, -0.2) is 23.9 Å². The molecule has 0 spiro atoms. The standard InChI is InChI=1S/C18H17NO3/c1-13(15-10-6-7-11-17(15)20)19-16(18(21)22-2)12-14-8-4-3-5-9-14/h3-12,20H,1-2H3/b16-12-,19-13?. The molecule has 22 heavy (non-hydrogen) atoms. The quantitative estimate of drug-likeness (QED) is 0.534. The van der Waals surface area contributed by atoms with Crippen molar-refractivity contribution < 1.29 is 14.6 Å². The summed E-state index contributed by atoms with van der Waals surface area (Å²) < 4.78 is 4.77. The summed E-state index contributed by atoms with van der Waals surface area (Å²) in [7, 11) is 1.31. The SMILES string of the molecule is COC(=O)/C(=C/c1ccccc1)N=C(C)c1ccccc1O. The van der Waals surface area contributed by atoms with Crippen LogP contribution in [0.1, 0.15) is 18.1 Å². The highest BCUT2D eigenvalue weighted by molar-refractivity contribution is 6.05. The largest absolute Gasteiger partial charge is 0.507 e. The number of benzene rings is 2. The van der Waals surface area contributed by atoms with Gasteiger partial charge in [-0.3, -0.25) is 0 Å². The van der Waals surface area contributed by atoms with Gasteiger partial charge in [-0.1, -0.05) is 42.5 Å². The number of methoxy groups -OCH3 is 1. The van der Waals surface area contributed by atoms with Crippen LogP contribution in [0.25, 0.3) is 6.08 Å². The number of para-hydroxylation sites is 1. The smallest absolute Gasteiger partial charge is 0.356 e. The van der Waals surface area contributed by atoms with Gasteiger partial charge in [-0.25, -0.2) is 9.79 Å². The monoisotopic (exact) mass is 295 g/mol. The minimum absolute atomic E-state index is 0.118. The van der Waals surface area contributed by atoms with Crippen molar-refractivity contribution in [2.75, 3.05) is 7.11 Å². The molecular formula is C18H17NO3. The fourth-order valence-electron chi connectivity index (χ4n) is 1.97. The van der Waals surface area contributed by atoms with Gasteiger partial charge in [-0.2, -0.15) is 0 Å². The molecule has 0 unspecified atom stereocenters. The lowest BCUT2D eigenvalue weighted by atomic mass is 10.1. The van der Waals surface area contributed by atoms with Crippen molar-refractivity contribution in [1.29, 1.82) is 0 Å². The summed E-state index contributed by atoms with van der Waals surface area (Å²) in [6, 6.07) is 16.2. The second kappa shape index (κ2) is 7.22. The minimum atomic E-state index is -0.529. The van der Waals surface area contributed by atoms with Crippen molar-refractivity contribution >= 4 is 17.8 Å². The van der Waals surface area contributed by atoms with Gasteiger partial charge in [0, 0.05) is 11.3 Å². The predicted octanol–water partition coefficient (Wildman–Crippen LogP) is 3.42. The van der Waals surface area contributed by atoms with E-state index in [1.54, 1.807) is 37.3 Å². The van der Waals surface area contributed by atoms with Crippen LogP contribution in [0.3, 0.4) is 0 Å². The number of phenols is 1. The number of carbonyl (C=O) groups excluding carboxylic acids is 1. The Bertz CT molecular complexity index is 718. The molecular weight excluding hydrogens is 278 g/mol. The van der Waals surface area contributed by atoms with Gasteiger partial charge in [-0.15, -0.1) is 0 Å². The predicted molar refractivity (Wildman–Crippen MR) is 86.8 cm³/mol. The molecule has 0 amide bonds. The van der Waals surface area contributed by atoms with Gasteiger partial charge < -0.3 is 9.84 Å². The lowest BCUT2D eigenvalue weighted by Crippen LogP contribution is -2.06. The van der Waals surface area contributed by atoms with E-state index in [0.29, 0.717) is 11.3 Å². The number of nitrogens with zero attached hydrogens (tertiary/aromatic N) is 1. The van der Waals surface area contributed by atoms with E-state index in [2.05, 4.69) is 4.99 Å². The summed E-state index contributed by atoms with van der Waals surface area (Å²) in [6.07, 6.45) is 1.65. The molecule has 0 atom stereocenters. The molecule has 0 aliphatic rings. The minimum Gasteiger partial charge on any atom is -0.507 e. The molecule has 0 saturated heterocycles. The summed E-state index contributed by atoms with van der Waals surface area (Å²) in [5.41, 5.74) is 2.13. The molecule has 2 rings (SSSR count). The second-order valence-electron chi connectivity index (χ2n) is 4.65. The first kappa shape index (κ1) is 15.5. The van der Waals surface area contributed by atoms with E-state index in [0.717, 1.165) is 5.56 Å². The number of aromatic hydroxyl groups is 1. The van der Waals surface area contributed by atoms with Crippen molar-refractivity contribution in [3.63, 3.8) is 0 Å². The highest BCUT2D eigenvalue weighted by atomic mass is 16.5. The molecule has 0 aliphatic carbocycles. The molecule has 4 nitrogen and oxygen atoms in total. The van der Waals surface area contributed by atoms with Crippen LogP contribution in [0.15, 0.2) is 65.3 Å².